The van der Waals surface area contributed by atoms with Crippen LogP contribution in [0.25, 0.3) is 0 Å². The third-order valence-corrected chi connectivity index (χ3v) is 3.14. The topological polar surface area (TPSA) is 15.3 Å². The highest BCUT2D eigenvalue weighted by Gasteiger charge is 2.13. The van der Waals surface area contributed by atoms with Crippen LogP contribution in [0.2, 0.25) is 0 Å². The quantitative estimate of drug-likeness (QED) is 0.775. The summed E-state index contributed by atoms with van der Waals surface area (Å²) >= 11 is 0. The molecule has 0 saturated carbocycles. The number of hydrogen-bond donors (Lipinski definition) is 1. The van der Waals surface area contributed by atoms with Crippen LogP contribution in [-0.2, 0) is 0 Å². The summed E-state index contributed by atoms with van der Waals surface area (Å²) in [6.45, 7) is 8.76. The summed E-state index contributed by atoms with van der Waals surface area (Å²) < 4.78 is 0. The molecule has 0 aliphatic heterocycles. The van der Waals surface area contributed by atoms with E-state index in [0.717, 1.165) is 19.5 Å². The normalized spacial score (nSPS) is 12.5. The van der Waals surface area contributed by atoms with Gasteiger partial charge in [-0.25, -0.2) is 0 Å². The van der Waals surface area contributed by atoms with Crippen molar-refractivity contribution in [3.63, 3.8) is 0 Å². The molecule has 0 aromatic heterocycles. The summed E-state index contributed by atoms with van der Waals surface area (Å²) in [5.41, 5.74) is 2.79. The van der Waals surface area contributed by atoms with Gasteiger partial charge in [0.25, 0.3) is 0 Å². The van der Waals surface area contributed by atoms with Crippen molar-refractivity contribution < 1.29 is 0 Å². The van der Waals surface area contributed by atoms with E-state index in [1.54, 1.807) is 0 Å². The first-order valence-electron chi connectivity index (χ1n) is 6.77. The Morgan fingerprint density at radius 3 is 2.47 bits per heavy atom. The zero-order chi connectivity index (χ0) is 12.7. The molecule has 0 fully saturated rings. The van der Waals surface area contributed by atoms with Crippen LogP contribution in [0.5, 0.6) is 0 Å². The molecule has 1 aromatic carbocycles. The van der Waals surface area contributed by atoms with Crippen molar-refractivity contribution in [1.82, 2.24) is 5.32 Å². The van der Waals surface area contributed by atoms with Gasteiger partial charge in [0.1, 0.15) is 0 Å². The average molecular weight is 234 g/mol. The van der Waals surface area contributed by atoms with E-state index in [-0.39, 0.29) is 0 Å². The molecule has 2 heteroatoms. The predicted molar refractivity (Wildman–Crippen MR) is 76.7 cm³/mol. The minimum Gasteiger partial charge on any atom is -0.374 e. The van der Waals surface area contributed by atoms with Gasteiger partial charge in [-0.2, -0.15) is 0 Å². The Morgan fingerprint density at radius 1 is 1.18 bits per heavy atom. The van der Waals surface area contributed by atoms with Gasteiger partial charge in [-0.05, 0) is 31.0 Å². The maximum absolute atomic E-state index is 3.56. The van der Waals surface area contributed by atoms with Crippen LogP contribution in [0.3, 0.4) is 0 Å². The smallest absolute Gasteiger partial charge is 0.0412 e. The van der Waals surface area contributed by atoms with Crippen molar-refractivity contribution in [3.8, 4) is 0 Å². The first kappa shape index (κ1) is 14.0. The first-order valence-corrected chi connectivity index (χ1v) is 6.77. The van der Waals surface area contributed by atoms with E-state index in [2.05, 4.69) is 62.3 Å². The van der Waals surface area contributed by atoms with Crippen molar-refractivity contribution in [2.45, 2.75) is 39.7 Å². The zero-order valence-electron chi connectivity index (χ0n) is 11.7. The fourth-order valence-corrected chi connectivity index (χ4v) is 2.31. The Balaban J connectivity index is 2.96. The summed E-state index contributed by atoms with van der Waals surface area (Å²) in [6, 6.07) is 9.21. The SMILES string of the molecule is CCCN(C)c1ccccc1C(CC)NCC. The second-order valence-corrected chi connectivity index (χ2v) is 4.50. The monoisotopic (exact) mass is 234 g/mol. The molecule has 0 aliphatic carbocycles. The molecule has 0 heterocycles. The number of nitrogens with zero attached hydrogens (tertiary/aromatic N) is 1. The minimum atomic E-state index is 0.468. The van der Waals surface area contributed by atoms with Crippen LogP contribution >= 0.6 is 0 Å². The molecule has 17 heavy (non-hydrogen) atoms. The maximum atomic E-state index is 3.56. The van der Waals surface area contributed by atoms with Crippen molar-refractivity contribution >= 4 is 5.69 Å². The average Bonchev–Trinajstić information content (AvgIpc) is 2.36. The Labute approximate surface area is 106 Å². The fraction of sp³-hybridized carbons (Fsp3) is 0.600. The summed E-state index contributed by atoms with van der Waals surface area (Å²) in [6.07, 6.45) is 2.31. The zero-order valence-corrected chi connectivity index (χ0v) is 11.7. The van der Waals surface area contributed by atoms with Gasteiger partial charge in [-0.1, -0.05) is 39.0 Å². The highest BCUT2D eigenvalue weighted by atomic mass is 15.1. The Hall–Kier alpha value is -1.02. The van der Waals surface area contributed by atoms with Gasteiger partial charge >= 0.3 is 0 Å². The number of para-hydroxylation sites is 1. The lowest BCUT2D eigenvalue weighted by Gasteiger charge is -2.26. The summed E-state index contributed by atoms with van der Waals surface area (Å²) in [5.74, 6) is 0. The van der Waals surface area contributed by atoms with Crippen molar-refractivity contribution in [3.05, 3.63) is 29.8 Å². The van der Waals surface area contributed by atoms with E-state index in [1.807, 2.05) is 0 Å². The van der Waals surface area contributed by atoms with E-state index in [4.69, 9.17) is 0 Å². The van der Waals surface area contributed by atoms with Crippen LogP contribution < -0.4 is 10.2 Å². The molecule has 96 valence electrons. The second kappa shape index (κ2) is 7.33. The van der Waals surface area contributed by atoms with Crippen molar-refractivity contribution in [1.29, 1.82) is 0 Å². The van der Waals surface area contributed by atoms with Crippen molar-refractivity contribution in [2.24, 2.45) is 0 Å². The molecule has 1 unspecified atom stereocenters. The minimum absolute atomic E-state index is 0.468. The Bertz CT molecular complexity index is 322. The molecule has 0 spiro atoms. The van der Waals surface area contributed by atoms with Crippen LogP contribution in [0, 0.1) is 0 Å². The highest BCUT2D eigenvalue weighted by Crippen LogP contribution is 2.27. The Kier molecular flexibility index (Phi) is 6.06. The van der Waals surface area contributed by atoms with Gasteiger partial charge in [0, 0.05) is 25.3 Å². The molecule has 0 amide bonds. The molecule has 0 saturated heterocycles. The van der Waals surface area contributed by atoms with E-state index < -0.39 is 0 Å². The molecule has 1 N–H and O–H groups in total. The number of anilines is 1. The molecule has 0 aliphatic rings. The lowest BCUT2D eigenvalue weighted by Crippen LogP contribution is -2.25. The van der Waals surface area contributed by atoms with Crippen LogP contribution in [0.4, 0.5) is 5.69 Å². The fourth-order valence-electron chi connectivity index (χ4n) is 2.31. The van der Waals surface area contributed by atoms with Crippen molar-refractivity contribution in [2.75, 3.05) is 25.0 Å². The Morgan fingerprint density at radius 2 is 1.88 bits per heavy atom. The van der Waals surface area contributed by atoms with Crippen LogP contribution in [0.15, 0.2) is 24.3 Å². The van der Waals surface area contributed by atoms with E-state index in [9.17, 15) is 0 Å². The number of benzene rings is 1. The largest absolute Gasteiger partial charge is 0.374 e. The lowest BCUT2D eigenvalue weighted by molar-refractivity contribution is 0.536. The van der Waals surface area contributed by atoms with Gasteiger partial charge in [-0.3, -0.25) is 0 Å². The van der Waals surface area contributed by atoms with E-state index in [1.165, 1.54) is 17.7 Å². The lowest BCUT2D eigenvalue weighted by atomic mass is 10.0. The molecule has 2 nitrogen and oxygen atoms in total. The third-order valence-electron chi connectivity index (χ3n) is 3.14. The molecular formula is C15H26N2. The molecule has 1 rings (SSSR count). The molecule has 0 radical (unpaired) electrons. The molecule has 1 atom stereocenters. The van der Waals surface area contributed by atoms with E-state index >= 15 is 0 Å². The first-order chi connectivity index (χ1) is 8.24. The van der Waals surface area contributed by atoms with Crippen LogP contribution in [0.1, 0.15) is 45.2 Å². The van der Waals surface area contributed by atoms with Gasteiger partial charge in [-0.15, -0.1) is 0 Å². The summed E-state index contributed by atoms with van der Waals surface area (Å²) in [7, 11) is 2.18. The molecule has 0 bridgehead atoms. The van der Waals surface area contributed by atoms with Crippen LogP contribution in [-0.4, -0.2) is 20.1 Å². The second-order valence-electron chi connectivity index (χ2n) is 4.50. The van der Waals surface area contributed by atoms with Gasteiger partial charge < -0.3 is 10.2 Å². The van der Waals surface area contributed by atoms with Gasteiger partial charge in [0.15, 0.2) is 0 Å². The predicted octanol–water partition coefficient (Wildman–Crippen LogP) is 3.59. The third kappa shape index (κ3) is 3.74. The number of nitrogens with one attached hydrogen (secondary N) is 1. The standard InChI is InChI=1S/C15H26N2/c1-5-12-17(4)15-11-9-8-10-13(15)14(6-2)16-7-3/h8-11,14,16H,5-7,12H2,1-4H3. The maximum Gasteiger partial charge on any atom is 0.0412 e. The van der Waals surface area contributed by atoms with Gasteiger partial charge in [0.05, 0.1) is 0 Å². The molecule has 1 aromatic rings. The number of rotatable bonds is 7. The summed E-state index contributed by atoms with van der Waals surface area (Å²) in [4.78, 5) is 2.36. The van der Waals surface area contributed by atoms with Gasteiger partial charge in [0.2, 0.25) is 0 Å². The highest BCUT2D eigenvalue weighted by molar-refractivity contribution is 5.54. The summed E-state index contributed by atoms with van der Waals surface area (Å²) in [5, 5.41) is 3.56. The number of hydrogen-bond acceptors (Lipinski definition) is 2. The molecular weight excluding hydrogens is 208 g/mol. The van der Waals surface area contributed by atoms with E-state index in [0.29, 0.717) is 6.04 Å².